The summed E-state index contributed by atoms with van der Waals surface area (Å²) in [5.41, 5.74) is 5.18. The molecule has 1 aliphatic heterocycles. The smallest absolute Gasteiger partial charge is 0.0667 e. The minimum atomic E-state index is 1.04. The van der Waals surface area contributed by atoms with E-state index in [1.54, 1.807) is 0 Å². The molecule has 1 heteroatoms. The standard InChI is InChI=1S/C11H13N/c1-3-9-4-5-10-6-8(2)12-11(10)7-9/h4-5,7H,3,6H2,1-2H3. The fourth-order valence-corrected chi connectivity index (χ4v) is 1.60. The molecular formula is C11H13N. The fraction of sp³-hybridized carbons (Fsp3) is 0.364. The highest BCUT2D eigenvalue weighted by Crippen LogP contribution is 2.27. The maximum Gasteiger partial charge on any atom is 0.0667 e. The fourth-order valence-electron chi connectivity index (χ4n) is 1.60. The van der Waals surface area contributed by atoms with Gasteiger partial charge in [0.2, 0.25) is 0 Å². The van der Waals surface area contributed by atoms with Gasteiger partial charge in [-0.05, 0) is 30.5 Å². The molecule has 0 radical (unpaired) electrons. The van der Waals surface area contributed by atoms with E-state index in [0.717, 1.165) is 12.8 Å². The zero-order valence-corrected chi connectivity index (χ0v) is 7.59. The highest BCUT2D eigenvalue weighted by atomic mass is 14.8. The second-order valence-corrected chi connectivity index (χ2v) is 3.34. The van der Waals surface area contributed by atoms with Crippen molar-refractivity contribution in [1.82, 2.24) is 0 Å². The molecule has 0 bridgehead atoms. The highest BCUT2D eigenvalue weighted by molar-refractivity contribution is 5.92. The van der Waals surface area contributed by atoms with Gasteiger partial charge in [-0.15, -0.1) is 0 Å². The normalized spacial score (nSPS) is 14.3. The van der Waals surface area contributed by atoms with Gasteiger partial charge in [-0.1, -0.05) is 19.1 Å². The van der Waals surface area contributed by atoms with Gasteiger partial charge in [0.15, 0.2) is 0 Å². The molecule has 1 aromatic rings. The number of aliphatic imine (C=N–C) groups is 1. The number of benzene rings is 1. The van der Waals surface area contributed by atoms with Gasteiger partial charge in [0, 0.05) is 12.1 Å². The first-order chi connectivity index (χ1) is 5.79. The van der Waals surface area contributed by atoms with Crippen LogP contribution in [-0.4, -0.2) is 5.71 Å². The summed E-state index contributed by atoms with van der Waals surface area (Å²) in [5, 5.41) is 0. The van der Waals surface area contributed by atoms with Crippen molar-refractivity contribution in [2.75, 3.05) is 0 Å². The molecule has 1 aliphatic rings. The van der Waals surface area contributed by atoms with E-state index in [1.165, 1.54) is 22.5 Å². The third-order valence-corrected chi connectivity index (χ3v) is 2.32. The SMILES string of the molecule is CCc1ccc2c(c1)N=C(C)C2. The van der Waals surface area contributed by atoms with Crippen molar-refractivity contribution in [2.45, 2.75) is 26.7 Å². The van der Waals surface area contributed by atoms with Crippen LogP contribution in [0.15, 0.2) is 23.2 Å². The van der Waals surface area contributed by atoms with E-state index in [9.17, 15) is 0 Å². The van der Waals surface area contributed by atoms with Crippen LogP contribution in [-0.2, 0) is 12.8 Å². The van der Waals surface area contributed by atoms with E-state index in [-0.39, 0.29) is 0 Å². The Labute approximate surface area is 73.1 Å². The lowest BCUT2D eigenvalue weighted by molar-refractivity contribution is 1.13. The molecule has 0 atom stereocenters. The lowest BCUT2D eigenvalue weighted by atomic mass is 10.1. The molecule has 0 unspecified atom stereocenters. The van der Waals surface area contributed by atoms with Gasteiger partial charge in [0.1, 0.15) is 0 Å². The lowest BCUT2D eigenvalue weighted by Gasteiger charge is -1.99. The van der Waals surface area contributed by atoms with Gasteiger partial charge in [-0.2, -0.15) is 0 Å². The van der Waals surface area contributed by atoms with Crippen LogP contribution in [0.25, 0.3) is 0 Å². The van der Waals surface area contributed by atoms with Crippen molar-refractivity contribution >= 4 is 11.4 Å². The lowest BCUT2D eigenvalue weighted by Crippen LogP contribution is -1.88. The summed E-state index contributed by atoms with van der Waals surface area (Å²) in [7, 11) is 0. The molecule has 1 nitrogen and oxygen atoms in total. The summed E-state index contributed by atoms with van der Waals surface area (Å²) in [5.74, 6) is 0. The van der Waals surface area contributed by atoms with Crippen LogP contribution in [0.5, 0.6) is 0 Å². The molecule has 0 aromatic heterocycles. The minimum Gasteiger partial charge on any atom is -0.257 e. The van der Waals surface area contributed by atoms with Gasteiger partial charge < -0.3 is 0 Å². The summed E-state index contributed by atoms with van der Waals surface area (Å²) in [6.07, 6.45) is 2.14. The molecule has 0 fully saturated rings. The van der Waals surface area contributed by atoms with Crippen LogP contribution in [0.3, 0.4) is 0 Å². The maximum atomic E-state index is 4.48. The second kappa shape index (κ2) is 2.74. The minimum absolute atomic E-state index is 1.04. The van der Waals surface area contributed by atoms with Gasteiger partial charge in [0.25, 0.3) is 0 Å². The molecule has 0 aliphatic carbocycles. The predicted molar refractivity (Wildman–Crippen MR) is 52.3 cm³/mol. The Balaban J connectivity index is 2.45. The van der Waals surface area contributed by atoms with Crippen LogP contribution in [0.2, 0.25) is 0 Å². The van der Waals surface area contributed by atoms with E-state index in [2.05, 4.69) is 37.0 Å². The molecule has 0 amide bonds. The molecule has 0 spiro atoms. The first-order valence-corrected chi connectivity index (χ1v) is 4.45. The van der Waals surface area contributed by atoms with Crippen LogP contribution >= 0.6 is 0 Å². The molecule has 1 aromatic carbocycles. The number of rotatable bonds is 1. The van der Waals surface area contributed by atoms with Crippen LogP contribution in [0.1, 0.15) is 25.0 Å². The number of hydrogen-bond donors (Lipinski definition) is 0. The number of hydrogen-bond acceptors (Lipinski definition) is 1. The largest absolute Gasteiger partial charge is 0.257 e. The third-order valence-electron chi connectivity index (χ3n) is 2.32. The van der Waals surface area contributed by atoms with Crippen molar-refractivity contribution in [2.24, 2.45) is 4.99 Å². The summed E-state index contributed by atoms with van der Waals surface area (Å²) >= 11 is 0. The molecule has 2 rings (SSSR count). The first kappa shape index (κ1) is 7.53. The summed E-state index contributed by atoms with van der Waals surface area (Å²) in [4.78, 5) is 4.48. The molecule has 0 saturated heterocycles. The first-order valence-electron chi connectivity index (χ1n) is 4.45. The Morgan fingerprint density at radius 2 is 2.25 bits per heavy atom. The topological polar surface area (TPSA) is 12.4 Å². The van der Waals surface area contributed by atoms with E-state index in [0.29, 0.717) is 0 Å². The molecule has 62 valence electrons. The van der Waals surface area contributed by atoms with Crippen LogP contribution in [0.4, 0.5) is 5.69 Å². The van der Waals surface area contributed by atoms with Gasteiger partial charge in [-0.25, -0.2) is 0 Å². The van der Waals surface area contributed by atoms with Gasteiger partial charge in [-0.3, -0.25) is 4.99 Å². The summed E-state index contributed by atoms with van der Waals surface area (Å²) in [6, 6.07) is 6.60. The quantitative estimate of drug-likeness (QED) is 0.597. The predicted octanol–water partition coefficient (Wildman–Crippen LogP) is 2.90. The van der Waals surface area contributed by atoms with Gasteiger partial charge >= 0.3 is 0 Å². The second-order valence-electron chi connectivity index (χ2n) is 3.34. The van der Waals surface area contributed by atoms with Crippen molar-refractivity contribution in [1.29, 1.82) is 0 Å². The molecule has 1 heterocycles. The number of fused-ring (bicyclic) bond motifs is 1. The highest BCUT2D eigenvalue weighted by Gasteiger charge is 2.10. The van der Waals surface area contributed by atoms with Crippen molar-refractivity contribution < 1.29 is 0 Å². The van der Waals surface area contributed by atoms with Crippen molar-refractivity contribution in [3.63, 3.8) is 0 Å². The zero-order chi connectivity index (χ0) is 8.55. The Morgan fingerprint density at radius 3 is 3.00 bits per heavy atom. The Kier molecular flexibility index (Phi) is 1.72. The van der Waals surface area contributed by atoms with Crippen molar-refractivity contribution in [3.05, 3.63) is 29.3 Å². The zero-order valence-electron chi connectivity index (χ0n) is 7.59. The average Bonchev–Trinajstić information content (AvgIpc) is 2.43. The Bertz CT molecular complexity index is 337. The molecule has 0 N–H and O–H groups in total. The Hall–Kier alpha value is -1.11. The summed E-state index contributed by atoms with van der Waals surface area (Å²) < 4.78 is 0. The maximum absolute atomic E-state index is 4.48. The van der Waals surface area contributed by atoms with E-state index < -0.39 is 0 Å². The van der Waals surface area contributed by atoms with Gasteiger partial charge in [0.05, 0.1) is 5.69 Å². The van der Waals surface area contributed by atoms with E-state index in [4.69, 9.17) is 0 Å². The van der Waals surface area contributed by atoms with Crippen molar-refractivity contribution in [3.8, 4) is 0 Å². The monoisotopic (exact) mass is 159 g/mol. The number of nitrogens with zero attached hydrogens (tertiary/aromatic N) is 1. The number of aryl methyl sites for hydroxylation is 1. The average molecular weight is 159 g/mol. The third kappa shape index (κ3) is 1.15. The van der Waals surface area contributed by atoms with Crippen LogP contribution < -0.4 is 0 Å². The molecular weight excluding hydrogens is 146 g/mol. The Morgan fingerprint density at radius 1 is 1.42 bits per heavy atom. The van der Waals surface area contributed by atoms with E-state index in [1.807, 2.05) is 0 Å². The summed E-state index contributed by atoms with van der Waals surface area (Å²) in [6.45, 7) is 4.26. The van der Waals surface area contributed by atoms with Crippen LogP contribution in [0, 0.1) is 0 Å². The van der Waals surface area contributed by atoms with E-state index >= 15 is 0 Å². The molecule has 0 saturated carbocycles. The molecule has 12 heavy (non-hydrogen) atoms.